The van der Waals surface area contributed by atoms with Gasteiger partial charge in [0.2, 0.25) is 5.88 Å². The Labute approximate surface area is 128 Å². The highest BCUT2D eigenvalue weighted by Gasteiger charge is 2.08. The van der Waals surface area contributed by atoms with Crippen molar-refractivity contribution in [3.63, 3.8) is 0 Å². The molecular weight excluding hydrogens is 354 g/mol. The number of hydrogen-bond acceptors (Lipinski definition) is 6. The average Bonchev–Trinajstić information content (AvgIpc) is 2.91. The van der Waals surface area contributed by atoms with Gasteiger partial charge in [0, 0.05) is 6.54 Å². The highest BCUT2D eigenvalue weighted by molar-refractivity contribution is 9.10. The van der Waals surface area contributed by atoms with Crippen LogP contribution >= 0.6 is 39.3 Å². The fourth-order valence-corrected chi connectivity index (χ4v) is 2.27. The maximum atomic E-state index is 9.79. The van der Waals surface area contributed by atoms with Crippen molar-refractivity contribution >= 4 is 44.9 Å². The lowest BCUT2D eigenvalue weighted by atomic mass is 10.3. The molecule has 0 aliphatic carbocycles. The van der Waals surface area contributed by atoms with Crippen LogP contribution in [0.2, 0.25) is 5.02 Å². The smallest absolute Gasteiger partial charge is 0.245 e. The summed E-state index contributed by atoms with van der Waals surface area (Å²) in [7, 11) is 0. The first-order valence-electron chi connectivity index (χ1n) is 5.43. The number of ether oxygens (including phenoxy) is 1. The van der Waals surface area contributed by atoms with Crippen molar-refractivity contribution in [3.8, 4) is 5.88 Å². The number of nitrogens with zero attached hydrogens (tertiary/aromatic N) is 2. The van der Waals surface area contributed by atoms with Crippen molar-refractivity contribution in [2.24, 2.45) is 0 Å². The summed E-state index contributed by atoms with van der Waals surface area (Å²) in [6.45, 7) is 0.493. The van der Waals surface area contributed by atoms with Crippen LogP contribution in [-0.2, 0) is 0 Å². The van der Waals surface area contributed by atoms with Gasteiger partial charge in [0.05, 0.1) is 26.9 Å². The summed E-state index contributed by atoms with van der Waals surface area (Å²) in [5.74, 6) is 0.424. The number of aliphatic hydroxyl groups excluding tert-OH is 1. The molecule has 2 aromatic rings. The molecule has 2 rings (SSSR count). The Kier molecular flexibility index (Phi) is 5.38. The zero-order valence-corrected chi connectivity index (χ0v) is 12.9. The van der Waals surface area contributed by atoms with Crippen LogP contribution in [0.3, 0.4) is 0 Å². The van der Waals surface area contributed by atoms with Crippen molar-refractivity contribution in [1.82, 2.24) is 8.75 Å². The molecule has 0 spiro atoms. The van der Waals surface area contributed by atoms with E-state index in [1.54, 1.807) is 6.07 Å². The highest BCUT2D eigenvalue weighted by Crippen LogP contribution is 2.29. The van der Waals surface area contributed by atoms with Crippen LogP contribution in [0.15, 0.2) is 28.9 Å². The van der Waals surface area contributed by atoms with E-state index in [9.17, 15) is 5.11 Å². The fourth-order valence-electron chi connectivity index (χ4n) is 1.33. The molecule has 0 saturated heterocycles. The van der Waals surface area contributed by atoms with E-state index in [2.05, 4.69) is 30.0 Å². The second-order valence-electron chi connectivity index (χ2n) is 3.69. The molecule has 102 valence electrons. The molecule has 0 fully saturated rings. The summed E-state index contributed by atoms with van der Waals surface area (Å²) >= 11 is 10.4. The first-order chi connectivity index (χ1) is 9.16. The molecular formula is C11H11BrClN3O2S. The standard InChI is InChI=1S/C11H11BrClN3O2S/c12-11-8(13)2-1-3-9(11)14-4-7(17)6-18-10-5-15-19-16-10/h1-3,5,7,14,17H,4,6H2. The summed E-state index contributed by atoms with van der Waals surface area (Å²) < 4.78 is 13.7. The van der Waals surface area contributed by atoms with E-state index in [0.29, 0.717) is 17.4 Å². The third-order valence-corrected chi connectivity index (χ3v) is 4.10. The number of halogens is 2. The molecule has 0 radical (unpaired) electrons. The van der Waals surface area contributed by atoms with Gasteiger partial charge < -0.3 is 15.2 Å². The number of hydrogen-bond donors (Lipinski definition) is 2. The topological polar surface area (TPSA) is 67.3 Å². The largest absolute Gasteiger partial charge is 0.473 e. The van der Waals surface area contributed by atoms with E-state index in [1.807, 2.05) is 12.1 Å². The first kappa shape index (κ1) is 14.5. The predicted octanol–water partition coefficient (Wildman–Crippen LogP) is 2.81. The zero-order valence-electron chi connectivity index (χ0n) is 9.72. The molecule has 5 nitrogen and oxygen atoms in total. The second-order valence-corrected chi connectivity index (χ2v) is 5.45. The lowest BCUT2D eigenvalue weighted by Crippen LogP contribution is -2.26. The molecule has 0 bridgehead atoms. The molecule has 2 N–H and O–H groups in total. The Hall–Kier alpha value is -0.890. The number of benzene rings is 1. The van der Waals surface area contributed by atoms with Gasteiger partial charge in [-0.25, -0.2) is 0 Å². The Bertz CT molecular complexity index is 527. The summed E-state index contributed by atoms with van der Waals surface area (Å²) in [5, 5.41) is 13.5. The fraction of sp³-hybridized carbons (Fsp3) is 0.273. The Balaban J connectivity index is 1.80. The molecule has 1 atom stereocenters. The van der Waals surface area contributed by atoms with Gasteiger partial charge >= 0.3 is 0 Å². The number of rotatable bonds is 6. The van der Waals surface area contributed by atoms with Crippen LogP contribution in [0, 0.1) is 0 Å². The minimum absolute atomic E-state index is 0.149. The van der Waals surface area contributed by atoms with Gasteiger partial charge in [-0.05, 0) is 28.1 Å². The summed E-state index contributed by atoms with van der Waals surface area (Å²) in [6.07, 6.45) is 0.853. The third kappa shape index (κ3) is 4.31. The molecule has 0 aliphatic rings. The maximum Gasteiger partial charge on any atom is 0.245 e. The summed E-state index contributed by atoms with van der Waals surface area (Å²) in [6, 6.07) is 5.48. The molecule has 8 heteroatoms. The first-order valence-corrected chi connectivity index (χ1v) is 7.33. The summed E-state index contributed by atoms with van der Waals surface area (Å²) in [4.78, 5) is 0. The minimum atomic E-state index is -0.660. The number of aromatic nitrogens is 2. The van der Waals surface area contributed by atoms with Gasteiger partial charge in [0.15, 0.2) is 0 Å². The van der Waals surface area contributed by atoms with E-state index >= 15 is 0 Å². The molecule has 19 heavy (non-hydrogen) atoms. The number of nitrogens with one attached hydrogen (secondary N) is 1. The highest BCUT2D eigenvalue weighted by atomic mass is 79.9. The quantitative estimate of drug-likeness (QED) is 0.825. The van der Waals surface area contributed by atoms with E-state index < -0.39 is 6.10 Å². The van der Waals surface area contributed by atoms with Gasteiger partial charge in [-0.2, -0.15) is 4.37 Å². The van der Waals surface area contributed by atoms with Crippen LogP contribution in [0.25, 0.3) is 0 Å². The summed E-state index contributed by atoms with van der Waals surface area (Å²) in [5.41, 5.74) is 0.821. The van der Waals surface area contributed by atoms with Gasteiger partial charge in [0.25, 0.3) is 0 Å². The molecule has 1 aromatic heterocycles. The number of aliphatic hydroxyl groups is 1. The second kappa shape index (κ2) is 7.04. The van der Waals surface area contributed by atoms with E-state index in [4.69, 9.17) is 16.3 Å². The van der Waals surface area contributed by atoms with Crippen molar-refractivity contribution in [2.45, 2.75) is 6.10 Å². The van der Waals surface area contributed by atoms with E-state index in [1.165, 1.54) is 6.20 Å². The van der Waals surface area contributed by atoms with E-state index in [-0.39, 0.29) is 6.61 Å². The Morgan fingerprint density at radius 2 is 2.37 bits per heavy atom. The molecule has 0 saturated carbocycles. The zero-order chi connectivity index (χ0) is 13.7. The van der Waals surface area contributed by atoms with Crippen LogP contribution in [-0.4, -0.2) is 33.1 Å². The van der Waals surface area contributed by atoms with Crippen molar-refractivity contribution < 1.29 is 9.84 Å². The Morgan fingerprint density at radius 1 is 1.53 bits per heavy atom. The van der Waals surface area contributed by atoms with E-state index in [0.717, 1.165) is 21.9 Å². The van der Waals surface area contributed by atoms with Crippen LogP contribution in [0.5, 0.6) is 5.88 Å². The lowest BCUT2D eigenvalue weighted by Gasteiger charge is -2.14. The normalized spacial score (nSPS) is 12.2. The van der Waals surface area contributed by atoms with Crippen LogP contribution in [0.4, 0.5) is 5.69 Å². The predicted molar refractivity (Wildman–Crippen MR) is 79.1 cm³/mol. The van der Waals surface area contributed by atoms with Crippen molar-refractivity contribution in [3.05, 3.63) is 33.9 Å². The minimum Gasteiger partial charge on any atom is -0.473 e. The van der Waals surface area contributed by atoms with Gasteiger partial charge in [-0.15, -0.1) is 4.37 Å². The van der Waals surface area contributed by atoms with Gasteiger partial charge in [0.1, 0.15) is 18.9 Å². The van der Waals surface area contributed by atoms with Crippen molar-refractivity contribution in [2.75, 3.05) is 18.5 Å². The molecule has 0 amide bonds. The number of anilines is 1. The monoisotopic (exact) mass is 363 g/mol. The third-order valence-electron chi connectivity index (χ3n) is 2.24. The van der Waals surface area contributed by atoms with Gasteiger partial charge in [-0.1, -0.05) is 17.7 Å². The average molecular weight is 365 g/mol. The molecule has 1 heterocycles. The Morgan fingerprint density at radius 3 is 3.11 bits per heavy atom. The van der Waals surface area contributed by atoms with Crippen molar-refractivity contribution in [1.29, 1.82) is 0 Å². The lowest BCUT2D eigenvalue weighted by molar-refractivity contribution is 0.115. The molecule has 0 aliphatic heterocycles. The van der Waals surface area contributed by atoms with Crippen LogP contribution in [0.1, 0.15) is 0 Å². The van der Waals surface area contributed by atoms with Gasteiger partial charge in [-0.3, -0.25) is 0 Å². The SMILES string of the molecule is OC(CNc1cccc(Cl)c1Br)COc1cnsn1. The maximum absolute atomic E-state index is 9.79. The van der Waals surface area contributed by atoms with Crippen LogP contribution < -0.4 is 10.1 Å². The molecule has 1 aromatic carbocycles. The molecule has 1 unspecified atom stereocenters.